The third-order valence-corrected chi connectivity index (χ3v) is 3.72. The van der Waals surface area contributed by atoms with Crippen molar-refractivity contribution in [2.45, 2.75) is 6.54 Å². The molecule has 0 unspecified atom stereocenters. The average Bonchev–Trinajstić information content (AvgIpc) is 2.89. The van der Waals surface area contributed by atoms with Gasteiger partial charge in [-0.25, -0.2) is 8.78 Å². The maximum absolute atomic E-state index is 13.7. The van der Waals surface area contributed by atoms with E-state index in [2.05, 4.69) is 26.2 Å². The molecule has 0 aliphatic heterocycles. The van der Waals surface area contributed by atoms with Crippen LogP contribution in [-0.4, -0.2) is 4.98 Å². The fourth-order valence-corrected chi connectivity index (χ4v) is 2.38. The first-order chi connectivity index (χ1) is 9.63. The molecule has 0 radical (unpaired) electrons. The Hall–Kier alpha value is -1.88. The molecule has 20 heavy (non-hydrogen) atoms. The van der Waals surface area contributed by atoms with Crippen LogP contribution in [0.15, 0.2) is 47.1 Å². The van der Waals surface area contributed by atoms with Crippen LogP contribution in [0, 0.1) is 11.6 Å². The number of nitrogens with one attached hydrogen (secondary N) is 2. The molecule has 2 aromatic carbocycles. The molecule has 0 spiro atoms. The third-order valence-electron chi connectivity index (χ3n) is 3.11. The maximum Gasteiger partial charge on any atom is 0.147 e. The summed E-state index contributed by atoms with van der Waals surface area (Å²) >= 11 is 2.95. The molecule has 3 aromatic rings. The van der Waals surface area contributed by atoms with Gasteiger partial charge in [0, 0.05) is 24.3 Å². The van der Waals surface area contributed by atoms with Crippen molar-refractivity contribution in [2.24, 2.45) is 0 Å². The molecule has 0 saturated heterocycles. The summed E-state index contributed by atoms with van der Waals surface area (Å²) in [7, 11) is 0. The van der Waals surface area contributed by atoms with Crippen molar-refractivity contribution in [2.75, 3.05) is 5.32 Å². The van der Waals surface area contributed by atoms with Crippen molar-refractivity contribution in [1.29, 1.82) is 0 Å². The molecule has 0 atom stereocenters. The number of aromatic amines is 1. The van der Waals surface area contributed by atoms with E-state index in [0.717, 1.165) is 28.6 Å². The molecule has 3 rings (SSSR count). The zero-order valence-electron chi connectivity index (χ0n) is 10.4. The van der Waals surface area contributed by atoms with Crippen LogP contribution in [0.1, 0.15) is 5.56 Å². The largest absolute Gasteiger partial charge is 0.379 e. The summed E-state index contributed by atoms with van der Waals surface area (Å²) in [5.41, 5.74) is 2.16. The normalized spacial score (nSPS) is 10.9. The Bertz CT molecular complexity index is 768. The standard InChI is InChI=1S/C15H11BrF2N2/c16-11-6-13(18)15(7-12(11)17)20-8-9-1-2-10-3-4-19-14(10)5-9/h1-7,19-20H,8H2. The van der Waals surface area contributed by atoms with Gasteiger partial charge in [0.05, 0.1) is 10.2 Å². The van der Waals surface area contributed by atoms with Crippen LogP contribution in [0.5, 0.6) is 0 Å². The number of hydrogen-bond acceptors (Lipinski definition) is 1. The van der Waals surface area contributed by atoms with E-state index in [9.17, 15) is 8.78 Å². The molecule has 0 saturated carbocycles. The van der Waals surface area contributed by atoms with E-state index in [4.69, 9.17) is 0 Å². The molecule has 0 fully saturated rings. The lowest BCUT2D eigenvalue weighted by Gasteiger charge is -2.09. The average molecular weight is 337 g/mol. The van der Waals surface area contributed by atoms with Gasteiger partial charge in [-0.05, 0) is 45.1 Å². The zero-order chi connectivity index (χ0) is 14.1. The van der Waals surface area contributed by atoms with Gasteiger partial charge in [-0.3, -0.25) is 0 Å². The van der Waals surface area contributed by atoms with E-state index in [-0.39, 0.29) is 10.2 Å². The Morgan fingerprint density at radius 3 is 2.75 bits per heavy atom. The van der Waals surface area contributed by atoms with E-state index in [1.165, 1.54) is 0 Å². The van der Waals surface area contributed by atoms with Crippen molar-refractivity contribution in [1.82, 2.24) is 4.98 Å². The lowest BCUT2D eigenvalue weighted by molar-refractivity contribution is 0.596. The van der Waals surface area contributed by atoms with Gasteiger partial charge in [0.2, 0.25) is 0 Å². The van der Waals surface area contributed by atoms with Crippen LogP contribution in [0.4, 0.5) is 14.5 Å². The molecule has 1 aromatic heterocycles. The van der Waals surface area contributed by atoms with Gasteiger partial charge < -0.3 is 10.3 Å². The number of hydrogen-bond donors (Lipinski definition) is 2. The zero-order valence-corrected chi connectivity index (χ0v) is 12.0. The molecular weight excluding hydrogens is 326 g/mol. The maximum atomic E-state index is 13.7. The predicted molar refractivity (Wildman–Crippen MR) is 79.7 cm³/mol. The fourth-order valence-electron chi connectivity index (χ4n) is 2.06. The van der Waals surface area contributed by atoms with Crippen LogP contribution in [0.25, 0.3) is 10.9 Å². The second-order valence-electron chi connectivity index (χ2n) is 4.50. The molecule has 0 aliphatic rings. The number of benzene rings is 2. The van der Waals surface area contributed by atoms with Crippen molar-refractivity contribution >= 4 is 32.5 Å². The molecule has 1 heterocycles. The summed E-state index contributed by atoms with van der Waals surface area (Å²) < 4.78 is 27.2. The van der Waals surface area contributed by atoms with E-state index >= 15 is 0 Å². The summed E-state index contributed by atoms with van der Waals surface area (Å²) in [5, 5.41) is 4.02. The molecular formula is C15H11BrF2N2. The van der Waals surface area contributed by atoms with Crippen molar-refractivity contribution in [3.05, 3.63) is 64.3 Å². The van der Waals surface area contributed by atoms with Gasteiger partial charge in [0.25, 0.3) is 0 Å². The second kappa shape index (κ2) is 5.25. The number of aromatic nitrogens is 1. The van der Waals surface area contributed by atoms with Crippen molar-refractivity contribution in [3.8, 4) is 0 Å². The number of fused-ring (bicyclic) bond motifs is 1. The van der Waals surface area contributed by atoms with E-state index in [0.29, 0.717) is 6.54 Å². The van der Waals surface area contributed by atoms with Gasteiger partial charge in [-0.2, -0.15) is 0 Å². The topological polar surface area (TPSA) is 27.8 Å². The van der Waals surface area contributed by atoms with E-state index < -0.39 is 11.6 Å². The summed E-state index contributed by atoms with van der Waals surface area (Å²) in [4.78, 5) is 3.12. The SMILES string of the molecule is Fc1cc(NCc2ccc3cc[nH]c3c2)c(F)cc1Br. The van der Waals surface area contributed by atoms with Gasteiger partial charge in [0.1, 0.15) is 11.6 Å². The predicted octanol–water partition coefficient (Wildman–Crippen LogP) is 4.82. The number of rotatable bonds is 3. The quantitative estimate of drug-likeness (QED) is 0.659. The van der Waals surface area contributed by atoms with Crippen molar-refractivity contribution < 1.29 is 8.78 Å². The molecule has 2 nitrogen and oxygen atoms in total. The highest BCUT2D eigenvalue weighted by Gasteiger charge is 2.08. The molecule has 0 aliphatic carbocycles. The molecule has 0 amide bonds. The Morgan fingerprint density at radius 2 is 1.90 bits per heavy atom. The minimum atomic E-state index is -0.492. The highest BCUT2D eigenvalue weighted by Crippen LogP contribution is 2.24. The van der Waals surface area contributed by atoms with Gasteiger partial charge in [-0.15, -0.1) is 0 Å². The number of halogens is 3. The lowest BCUT2D eigenvalue weighted by Crippen LogP contribution is -2.02. The first kappa shape index (κ1) is 13.1. The summed E-state index contributed by atoms with van der Waals surface area (Å²) in [6.45, 7) is 0.424. The van der Waals surface area contributed by atoms with Gasteiger partial charge in [0.15, 0.2) is 0 Å². The Balaban J connectivity index is 1.80. The van der Waals surface area contributed by atoms with E-state index in [1.807, 2.05) is 30.5 Å². The van der Waals surface area contributed by atoms with Crippen LogP contribution < -0.4 is 5.32 Å². The van der Waals surface area contributed by atoms with Crippen LogP contribution >= 0.6 is 15.9 Å². The molecule has 5 heteroatoms. The highest BCUT2D eigenvalue weighted by atomic mass is 79.9. The van der Waals surface area contributed by atoms with Gasteiger partial charge in [-0.1, -0.05) is 12.1 Å². The minimum absolute atomic E-state index is 0.119. The van der Waals surface area contributed by atoms with Gasteiger partial charge >= 0.3 is 0 Å². The lowest BCUT2D eigenvalue weighted by atomic mass is 10.1. The van der Waals surface area contributed by atoms with Crippen LogP contribution in [0.2, 0.25) is 0 Å². The monoisotopic (exact) mass is 336 g/mol. The molecule has 2 N–H and O–H groups in total. The fraction of sp³-hybridized carbons (Fsp3) is 0.0667. The third kappa shape index (κ3) is 2.54. The highest BCUT2D eigenvalue weighted by molar-refractivity contribution is 9.10. The Morgan fingerprint density at radius 1 is 1.05 bits per heavy atom. The van der Waals surface area contributed by atoms with E-state index in [1.54, 1.807) is 0 Å². The summed E-state index contributed by atoms with van der Waals surface area (Å²) in [6, 6.07) is 10.2. The van der Waals surface area contributed by atoms with Crippen LogP contribution in [0.3, 0.4) is 0 Å². The van der Waals surface area contributed by atoms with Crippen LogP contribution in [-0.2, 0) is 6.54 Å². The summed E-state index contributed by atoms with van der Waals surface area (Å²) in [6.07, 6.45) is 1.87. The first-order valence-electron chi connectivity index (χ1n) is 6.08. The second-order valence-corrected chi connectivity index (χ2v) is 5.35. The first-order valence-corrected chi connectivity index (χ1v) is 6.87. The molecule has 0 bridgehead atoms. The number of anilines is 1. The minimum Gasteiger partial charge on any atom is -0.379 e. The molecule has 102 valence electrons. The number of H-pyrrole nitrogens is 1. The Labute approximate surface area is 122 Å². The van der Waals surface area contributed by atoms with Crippen molar-refractivity contribution in [3.63, 3.8) is 0 Å². The Kier molecular flexibility index (Phi) is 3.44. The smallest absolute Gasteiger partial charge is 0.147 e. The summed E-state index contributed by atoms with van der Waals surface area (Å²) in [5.74, 6) is -0.979.